The molecule has 0 aliphatic carbocycles. The number of allylic oxidation sites excluding steroid dienone is 1. The van der Waals surface area contributed by atoms with Crippen molar-refractivity contribution in [3.63, 3.8) is 0 Å². The van der Waals surface area contributed by atoms with Crippen LogP contribution in [0.2, 0.25) is 0 Å². The molecule has 0 radical (unpaired) electrons. The first kappa shape index (κ1) is 8.35. The van der Waals surface area contributed by atoms with Gasteiger partial charge in [0.2, 0.25) is 0 Å². The van der Waals surface area contributed by atoms with E-state index >= 15 is 0 Å². The van der Waals surface area contributed by atoms with Crippen molar-refractivity contribution in [1.82, 2.24) is 9.78 Å². The molecule has 5 nitrogen and oxygen atoms in total. The highest BCUT2D eigenvalue weighted by Crippen LogP contribution is 1.77. The van der Waals surface area contributed by atoms with Gasteiger partial charge in [-0.05, 0) is 6.07 Å². The zero-order chi connectivity index (χ0) is 8.81. The molecule has 0 saturated heterocycles. The third-order valence-corrected chi connectivity index (χ3v) is 1.21. The quantitative estimate of drug-likeness (QED) is 0.395. The zero-order valence-electron chi connectivity index (χ0n) is 6.44. The highest BCUT2D eigenvalue weighted by atomic mass is 15.3. The Balaban J connectivity index is 2.50. The first-order valence-electron chi connectivity index (χ1n) is 3.43. The molecule has 0 aliphatic heterocycles. The van der Waals surface area contributed by atoms with Crippen molar-refractivity contribution in [3.8, 4) is 0 Å². The van der Waals surface area contributed by atoms with Crippen LogP contribution in [0.1, 0.15) is 0 Å². The highest BCUT2D eigenvalue weighted by molar-refractivity contribution is 5.70. The lowest BCUT2D eigenvalue weighted by Gasteiger charge is -1.94. The number of nitrogens with two attached hydrogens (primary N) is 1. The second-order valence-electron chi connectivity index (χ2n) is 2.05. The Morgan fingerprint density at radius 1 is 1.58 bits per heavy atom. The van der Waals surface area contributed by atoms with Crippen LogP contribution < -0.4 is 5.32 Å². The Morgan fingerprint density at radius 3 is 3.00 bits per heavy atom. The molecule has 0 bridgehead atoms. The summed E-state index contributed by atoms with van der Waals surface area (Å²) in [6, 6.07) is 1.75. The molecule has 5 heteroatoms. The van der Waals surface area contributed by atoms with Crippen LogP contribution in [-0.2, 0) is 0 Å². The summed E-state index contributed by atoms with van der Waals surface area (Å²) in [4.78, 5) is 0. The molecule has 0 spiro atoms. The maximum atomic E-state index is 7.44. The second kappa shape index (κ2) is 4.20. The minimum Gasteiger partial charge on any atom is -0.309 e. The van der Waals surface area contributed by atoms with Crippen LogP contribution in [0.15, 0.2) is 30.7 Å². The number of hydrogen-bond acceptors (Lipinski definition) is 3. The van der Waals surface area contributed by atoms with E-state index in [-0.39, 0.29) is 5.96 Å². The summed E-state index contributed by atoms with van der Waals surface area (Å²) < 4.78 is 1.44. The van der Waals surface area contributed by atoms with Gasteiger partial charge in [0.1, 0.15) is 6.20 Å². The van der Waals surface area contributed by atoms with Gasteiger partial charge >= 0.3 is 5.96 Å². The Kier molecular flexibility index (Phi) is 2.92. The zero-order valence-corrected chi connectivity index (χ0v) is 6.44. The fourth-order valence-electron chi connectivity index (χ4n) is 0.690. The highest BCUT2D eigenvalue weighted by Gasteiger charge is 1.99. The average molecular weight is 164 g/mol. The molecule has 1 aromatic heterocycles. The van der Waals surface area contributed by atoms with Crippen LogP contribution in [-0.4, -0.2) is 22.0 Å². The smallest absolute Gasteiger partial charge is 0.309 e. The van der Waals surface area contributed by atoms with E-state index in [1.807, 2.05) is 0 Å². The van der Waals surface area contributed by atoms with Gasteiger partial charge in [0.25, 0.3) is 0 Å². The lowest BCUT2D eigenvalue weighted by atomic mass is 10.6. The van der Waals surface area contributed by atoms with E-state index < -0.39 is 0 Å². The fraction of sp³-hybridized carbons (Fsp3) is 0. The van der Waals surface area contributed by atoms with Crippen molar-refractivity contribution >= 4 is 12.2 Å². The number of hydrogen-bond donors (Lipinski definition) is 3. The molecule has 0 fully saturated rings. The first-order valence-corrected chi connectivity index (χ1v) is 3.43. The number of nitrogen functional groups attached to an aromatic ring is 1. The van der Waals surface area contributed by atoms with Crippen molar-refractivity contribution in [2.24, 2.45) is 0 Å². The average Bonchev–Trinajstić information content (AvgIpc) is 2.56. The van der Waals surface area contributed by atoms with Crippen LogP contribution in [0.25, 0.3) is 0 Å². The summed E-state index contributed by atoms with van der Waals surface area (Å²) >= 11 is 0. The molecule has 0 atom stereocenters. The van der Waals surface area contributed by atoms with Crippen LogP contribution in [0.5, 0.6) is 0 Å². The number of aromatic nitrogens is 2. The first-order chi connectivity index (χ1) is 5.84. The second-order valence-corrected chi connectivity index (χ2v) is 2.05. The van der Waals surface area contributed by atoms with Gasteiger partial charge in [-0.2, -0.15) is 9.78 Å². The number of quaternary nitrogens is 1. The van der Waals surface area contributed by atoms with Gasteiger partial charge in [-0.1, -0.05) is 0 Å². The van der Waals surface area contributed by atoms with Gasteiger partial charge in [-0.15, -0.1) is 0 Å². The van der Waals surface area contributed by atoms with Crippen molar-refractivity contribution in [3.05, 3.63) is 30.7 Å². The summed E-state index contributed by atoms with van der Waals surface area (Å²) in [6.45, 7) is 0. The summed E-state index contributed by atoms with van der Waals surface area (Å²) in [5.74, 6) is 0.276. The lowest BCUT2D eigenvalue weighted by Crippen LogP contribution is -2.84. The molecule has 0 aliphatic rings. The van der Waals surface area contributed by atoms with E-state index in [0.29, 0.717) is 0 Å². The Morgan fingerprint density at radius 2 is 2.42 bits per heavy atom. The normalized spacial score (nSPS) is 10.3. The topological polar surface area (TPSA) is 82.1 Å². The molecule has 0 amide bonds. The molecular weight excluding hydrogens is 154 g/mol. The maximum absolute atomic E-state index is 7.44. The van der Waals surface area contributed by atoms with Gasteiger partial charge in [0.15, 0.2) is 0 Å². The molecule has 1 aromatic rings. The fourth-order valence-corrected chi connectivity index (χ4v) is 0.690. The summed E-state index contributed by atoms with van der Waals surface area (Å²) in [7, 11) is 0. The van der Waals surface area contributed by atoms with Crippen molar-refractivity contribution in [1.29, 1.82) is 10.8 Å². The van der Waals surface area contributed by atoms with Crippen molar-refractivity contribution in [2.75, 3.05) is 0 Å². The third-order valence-electron chi connectivity index (χ3n) is 1.21. The Hall–Kier alpha value is -1.75. The molecule has 4 N–H and O–H groups in total. The largest absolute Gasteiger partial charge is 0.323 e. The lowest BCUT2D eigenvalue weighted by molar-refractivity contribution is -0.468. The predicted molar refractivity (Wildman–Crippen MR) is 45.2 cm³/mol. The third kappa shape index (κ3) is 2.14. The number of rotatable bonds is 2. The van der Waals surface area contributed by atoms with Crippen LogP contribution >= 0.6 is 0 Å². The molecule has 1 heterocycles. The van der Waals surface area contributed by atoms with Crippen LogP contribution in [0, 0.1) is 10.8 Å². The SMILES string of the molecule is N=C/C=C\[NH2+]C(=N)n1cccn1. The molecule has 0 aromatic carbocycles. The summed E-state index contributed by atoms with van der Waals surface area (Å²) in [5.41, 5.74) is 0. The minimum absolute atomic E-state index is 0.276. The number of nitrogens with zero attached hydrogens (tertiary/aromatic N) is 2. The minimum atomic E-state index is 0.276. The Bertz CT molecular complexity index is 285. The predicted octanol–water partition coefficient (Wildman–Crippen LogP) is -0.607. The molecule has 0 unspecified atom stereocenters. The van der Waals surface area contributed by atoms with Crippen molar-refractivity contribution in [2.45, 2.75) is 0 Å². The number of nitrogens with one attached hydrogen (secondary N) is 2. The Labute approximate surface area is 69.7 Å². The van der Waals surface area contributed by atoms with Gasteiger partial charge in [0.05, 0.1) is 0 Å². The summed E-state index contributed by atoms with van der Waals surface area (Å²) in [5, 5.41) is 19.6. The molecular formula is C7H10N5+. The van der Waals surface area contributed by atoms with Crippen LogP contribution in [0.4, 0.5) is 0 Å². The van der Waals surface area contributed by atoms with Crippen molar-refractivity contribution < 1.29 is 5.32 Å². The van der Waals surface area contributed by atoms with Gasteiger partial charge < -0.3 is 5.41 Å². The van der Waals surface area contributed by atoms with E-state index in [2.05, 4.69) is 5.10 Å². The monoisotopic (exact) mass is 164 g/mol. The van der Waals surface area contributed by atoms with E-state index in [0.717, 1.165) is 6.21 Å². The maximum Gasteiger partial charge on any atom is 0.323 e. The standard InChI is InChI=1S/C7H9N5/c8-3-1-4-10-7(9)12-6-2-5-11-12/h1-6,8H,(H2,9,10)/p+1/b4-1-,8-3?. The van der Waals surface area contributed by atoms with Gasteiger partial charge in [-0.3, -0.25) is 5.32 Å². The van der Waals surface area contributed by atoms with E-state index in [4.69, 9.17) is 10.8 Å². The van der Waals surface area contributed by atoms with E-state index in [1.54, 1.807) is 30.0 Å². The molecule has 1 rings (SSSR count). The molecule has 0 saturated carbocycles. The van der Waals surface area contributed by atoms with E-state index in [1.165, 1.54) is 10.8 Å². The summed E-state index contributed by atoms with van der Waals surface area (Å²) in [6.07, 6.45) is 7.63. The molecule has 62 valence electrons. The van der Waals surface area contributed by atoms with E-state index in [9.17, 15) is 0 Å². The van der Waals surface area contributed by atoms with Gasteiger partial charge in [0, 0.05) is 24.7 Å². The van der Waals surface area contributed by atoms with Gasteiger partial charge in [-0.25, -0.2) is 5.41 Å². The van der Waals surface area contributed by atoms with Crippen LogP contribution in [0.3, 0.4) is 0 Å². The molecule has 12 heavy (non-hydrogen) atoms.